The van der Waals surface area contributed by atoms with Gasteiger partial charge in [0.1, 0.15) is 5.69 Å². The van der Waals surface area contributed by atoms with Gasteiger partial charge in [-0.15, -0.1) is 0 Å². The first-order valence-electron chi connectivity index (χ1n) is 13.1. The average Bonchev–Trinajstić information content (AvgIpc) is 2.84. The number of aromatic nitrogens is 3. The average molecular weight is 651 g/mol. The van der Waals surface area contributed by atoms with Crippen LogP contribution < -0.4 is 0 Å². The van der Waals surface area contributed by atoms with Gasteiger partial charge in [-0.1, -0.05) is 91.4 Å². The maximum Gasteiger partial charge on any atom is 0.193 e. The third kappa shape index (κ3) is 11.5. The molecule has 0 aliphatic heterocycles. The van der Waals surface area contributed by atoms with E-state index in [2.05, 4.69) is 94.5 Å². The molecule has 42 heavy (non-hydrogen) atoms. The minimum atomic E-state index is -1.79. The van der Waals surface area contributed by atoms with Gasteiger partial charge in [-0.25, -0.2) is 0 Å². The molecule has 0 atom stereocenters. The van der Waals surface area contributed by atoms with Crippen LogP contribution in [0.15, 0.2) is 36.8 Å². The van der Waals surface area contributed by atoms with Crippen molar-refractivity contribution >= 4 is 57.0 Å². The highest BCUT2D eigenvalue weighted by Gasteiger charge is 2.37. The Bertz CT molecular complexity index is 1390. The predicted octanol–water partition coefficient (Wildman–Crippen LogP) is 10.00. The minimum Gasteiger partial charge on any atom is -0.411 e. The Morgan fingerprint density at radius 2 is 1.36 bits per heavy atom. The molecule has 0 aliphatic rings. The standard InChI is InChI=1S/C15H21ClN2OSi.C15H20ClNO2Si.2CH4/c1-15(2,3)20(4,5)19-10-13-7-11-6-12(16)8-18-14(11)9-17-13;1-15(2,3)20(4,5)19-8-6-7-12-9-13(16)10-17-14(12)11-18;;/h6-9H,10H2,1-5H3;9-11H,8H2,1-5H3;2*1H4. The number of nitrogens with zero attached hydrogens (tertiary/aromatic N) is 3. The van der Waals surface area contributed by atoms with Crippen molar-refractivity contribution < 1.29 is 13.6 Å². The second kappa shape index (κ2) is 16.1. The summed E-state index contributed by atoms with van der Waals surface area (Å²) < 4.78 is 12.1. The molecule has 0 unspecified atom stereocenters. The first-order chi connectivity index (χ1) is 18.4. The number of aldehydes is 1. The van der Waals surface area contributed by atoms with E-state index in [9.17, 15) is 4.79 Å². The van der Waals surface area contributed by atoms with Crippen molar-refractivity contribution in [3.05, 3.63) is 63.8 Å². The van der Waals surface area contributed by atoms with E-state index in [0.29, 0.717) is 40.8 Å². The van der Waals surface area contributed by atoms with E-state index in [1.54, 1.807) is 18.5 Å². The summed E-state index contributed by atoms with van der Waals surface area (Å²) in [6, 6.07) is 5.54. The molecule has 0 aromatic carbocycles. The molecule has 0 spiro atoms. The van der Waals surface area contributed by atoms with Crippen LogP contribution in [0.3, 0.4) is 0 Å². The van der Waals surface area contributed by atoms with Gasteiger partial charge in [0.2, 0.25) is 0 Å². The van der Waals surface area contributed by atoms with Crippen molar-refractivity contribution in [3.63, 3.8) is 0 Å². The molecule has 0 aliphatic carbocycles. The maximum absolute atomic E-state index is 10.9. The molecule has 0 radical (unpaired) electrons. The van der Waals surface area contributed by atoms with Gasteiger partial charge in [0, 0.05) is 17.8 Å². The third-order valence-electron chi connectivity index (χ3n) is 7.51. The Hall–Kier alpha value is -2.13. The van der Waals surface area contributed by atoms with Crippen molar-refractivity contribution in [1.29, 1.82) is 0 Å². The minimum absolute atomic E-state index is 0. The smallest absolute Gasteiger partial charge is 0.193 e. The Kier molecular flexibility index (Phi) is 15.3. The molecule has 0 saturated carbocycles. The van der Waals surface area contributed by atoms with E-state index in [1.807, 2.05) is 12.1 Å². The van der Waals surface area contributed by atoms with Gasteiger partial charge in [0.25, 0.3) is 0 Å². The Balaban J connectivity index is 0.000000764. The summed E-state index contributed by atoms with van der Waals surface area (Å²) in [5.41, 5.74) is 2.61. The van der Waals surface area contributed by atoms with E-state index >= 15 is 0 Å². The quantitative estimate of drug-likeness (QED) is 0.150. The van der Waals surface area contributed by atoms with Gasteiger partial charge in [0.15, 0.2) is 22.9 Å². The van der Waals surface area contributed by atoms with E-state index in [-0.39, 0.29) is 24.9 Å². The van der Waals surface area contributed by atoms with Crippen LogP contribution in [0, 0.1) is 11.8 Å². The monoisotopic (exact) mass is 649 g/mol. The lowest BCUT2D eigenvalue weighted by Gasteiger charge is -2.36. The molecule has 0 fully saturated rings. The van der Waals surface area contributed by atoms with Gasteiger partial charge >= 0.3 is 0 Å². The summed E-state index contributed by atoms with van der Waals surface area (Å²) in [7, 11) is -3.54. The Labute approximate surface area is 266 Å². The first kappa shape index (κ1) is 39.9. The molecule has 0 bridgehead atoms. The summed E-state index contributed by atoms with van der Waals surface area (Å²) in [6.07, 6.45) is 5.52. The number of fused-ring (bicyclic) bond motifs is 1. The van der Waals surface area contributed by atoms with Crippen molar-refractivity contribution in [1.82, 2.24) is 15.0 Å². The normalized spacial score (nSPS) is 11.7. The SMILES string of the molecule is C.C.CC(C)(C)[Si](C)(C)OCC#Cc1cc(Cl)cnc1C=O.CC(C)(C)[Si](C)(C)OCc1cc2cc(Cl)cnc2cn1. The maximum atomic E-state index is 10.9. The van der Waals surface area contributed by atoms with Crippen molar-refractivity contribution in [2.45, 2.75) is 99.3 Å². The van der Waals surface area contributed by atoms with E-state index in [1.165, 1.54) is 6.20 Å². The van der Waals surface area contributed by atoms with Gasteiger partial charge < -0.3 is 8.85 Å². The van der Waals surface area contributed by atoms with E-state index in [0.717, 1.165) is 16.6 Å². The summed E-state index contributed by atoms with van der Waals surface area (Å²) in [5.74, 6) is 5.83. The largest absolute Gasteiger partial charge is 0.411 e. The summed E-state index contributed by atoms with van der Waals surface area (Å²) in [6.45, 7) is 23.0. The van der Waals surface area contributed by atoms with Crippen LogP contribution in [-0.2, 0) is 15.5 Å². The molecule has 3 rings (SSSR count). The zero-order valence-electron chi connectivity index (χ0n) is 25.3. The van der Waals surface area contributed by atoms with Crippen LogP contribution >= 0.6 is 23.2 Å². The second-order valence-electron chi connectivity index (χ2n) is 12.6. The van der Waals surface area contributed by atoms with Crippen LogP contribution in [0.1, 0.15) is 78.1 Å². The highest BCUT2D eigenvalue weighted by Crippen LogP contribution is 2.37. The van der Waals surface area contributed by atoms with E-state index in [4.69, 9.17) is 32.1 Å². The fraction of sp³-hybridized carbons (Fsp3) is 0.500. The third-order valence-corrected chi connectivity index (χ3v) is 16.9. The van der Waals surface area contributed by atoms with Crippen LogP contribution in [0.4, 0.5) is 0 Å². The molecule has 3 aromatic rings. The number of hydrogen-bond acceptors (Lipinski definition) is 6. The summed E-state index contributed by atoms with van der Waals surface area (Å²) >= 11 is 11.8. The van der Waals surface area contributed by atoms with Crippen molar-refractivity contribution in [2.75, 3.05) is 6.61 Å². The lowest BCUT2D eigenvalue weighted by atomic mass is 10.2. The second-order valence-corrected chi connectivity index (χ2v) is 23.1. The van der Waals surface area contributed by atoms with Gasteiger partial charge in [-0.3, -0.25) is 19.7 Å². The van der Waals surface area contributed by atoms with Gasteiger partial charge in [-0.2, -0.15) is 0 Å². The molecular formula is C32H49Cl2N3O3Si2. The lowest BCUT2D eigenvalue weighted by Crippen LogP contribution is -2.40. The number of pyridine rings is 3. The fourth-order valence-electron chi connectivity index (χ4n) is 2.81. The van der Waals surface area contributed by atoms with Gasteiger partial charge in [-0.05, 0) is 54.5 Å². The summed E-state index contributed by atoms with van der Waals surface area (Å²) in [5, 5.41) is 2.46. The Morgan fingerprint density at radius 1 is 0.810 bits per heavy atom. The summed E-state index contributed by atoms with van der Waals surface area (Å²) in [4.78, 5) is 23.4. The zero-order valence-corrected chi connectivity index (χ0v) is 28.8. The van der Waals surface area contributed by atoms with Crippen LogP contribution in [0.2, 0.25) is 46.3 Å². The number of halogens is 2. The van der Waals surface area contributed by atoms with Gasteiger partial charge in [0.05, 0.1) is 46.2 Å². The molecule has 10 heteroatoms. The highest BCUT2D eigenvalue weighted by molar-refractivity contribution is 6.74. The van der Waals surface area contributed by atoms with Crippen molar-refractivity contribution in [3.8, 4) is 11.8 Å². The highest BCUT2D eigenvalue weighted by atomic mass is 35.5. The number of hydrogen-bond donors (Lipinski definition) is 0. The molecule has 3 heterocycles. The molecule has 232 valence electrons. The van der Waals surface area contributed by atoms with Crippen LogP contribution in [0.25, 0.3) is 10.9 Å². The van der Waals surface area contributed by atoms with Crippen LogP contribution in [-0.4, -0.2) is 44.5 Å². The first-order valence-corrected chi connectivity index (χ1v) is 19.7. The zero-order chi connectivity index (χ0) is 30.4. The fourth-order valence-corrected chi connectivity index (χ4v) is 4.94. The number of carbonyl (C=O) groups is 1. The molecule has 0 saturated heterocycles. The molecule has 0 amide bonds. The molecule has 6 nitrogen and oxygen atoms in total. The van der Waals surface area contributed by atoms with E-state index < -0.39 is 16.6 Å². The van der Waals surface area contributed by atoms with Crippen LogP contribution in [0.5, 0.6) is 0 Å². The lowest BCUT2D eigenvalue weighted by molar-refractivity contribution is 0.111. The molecule has 0 N–H and O–H groups in total. The van der Waals surface area contributed by atoms with Crippen molar-refractivity contribution in [2.24, 2.45) is 0 Å². The predicted molar refractivity (Wildman–Crippen MR) is 185 cm³/mol. The number of carbonyl (C=O) groups excluding carboxylic acids is 1. The number of rotatable bonds is 6. The topological polar surface area (TPSA) is 74.2 Å². The molecular weight excluding hydrogens is 601 g/mol. The Morgan fingerprint density at radius 3 is 1.93 bits per heavy atom. The molecule has 3 aromatic heterocycles.